The van der Waals surface area contributed by atoms with Crippen molar-refractivity contribution in [1.29, 1.82) is 0 Å². The maximum absolute atomic E-state index is 12.2. The molecular formula is C15H14BrN3O2. The first-order valence-electron chi connectivity index (χ1n) is 6.20. The van der Waals surface area contributed by atoms with Crippen LogP contribution in [-0.2, 0) is 4.79 Å². The zero-order valence-corrected chi connectivity index (χ0v) is 12.9. The highest BCUT2D eigenvalue weighted by molar-refractivity contribution is 9.10. The molecule has 0 aromatic heterocycles. The largest absolute Gasteiger partial charge is 0.398 e. The SMILES string of the molecule is CC(=O)Nc1ccc(NC(=O)c2cccc(N)c2Br)cc1. The van der Waals surface area contributed by atoms with Crippen LogP contribution < -0.4 is 16.4 Å². The van der Waals surface area contributed by atoms with Crippen molar-refractivity contribution in [3.05, 3.63) is 52.5 Å². The molecule has 4 N–H and O–H groups in total. The Hall–Kier alpha value is -2.34. The molecule has 2 aromatic rings. The van der Waals surface area contributed by atoms with E-state index in [-0.39, 0.29) is 11.8 Å². The van der Waals surface area contributed by atoms with E-state index in [0.29, 0.717) is 27.1 Å². The van der Waals surface area contributed by atoms with Gasteiger partial charge >= 0.3 is 0 Å². The number of hydrogen-bond donors (Lipinski definition) is 3. The van der Waals surface area contributed by atoms with Crippen LogP contribution in [0.3, 0.4) is 0 Å². The average Bonchev–Trinajstić information content (AvgIpc) is 2.43. The number of nitrogen functional groups attached to an aromatic ring is 1. The van der Waals surface area contributed by atoms with Crippen LogP contribution in [0.1, 0.15) is 17.3 Å². The van der Waals surface area contributed by atoms with E-state index in [1.807, 2.05) is 0 Å². The predicted octanol–water partition coefficient (Wildman–Crippen LogP) is 3.24. The van der Waals surface area contributed by atoms with Crippen molar-refractivity contribution in [2.45, 2.75) is 6.92 Å². The van der Waals surface area contributed by atoms with Crippen LogP contribution in [-0.4, -0.2) is 11.8 Å². The Morgan fingerprint density at radius 1 is 1.00 bits per heavy atom. The number of benzene rings is 2. The number of carbonyl (C=O) groups is 2. The third kappa shape index (κ3) is 3.82. The zero-order chi connectivity index (χ0) is 15.4. The third-order valence-electron chi connectivity index (χ3n) is 2.74. The summed E-state index contributed by atoms with van der Waals surface area (Å²) >= 11 is 3.30. The van der Waals surface area contributed by atoms with Crippen LogP contribution in [0.15, 0.2) is 46.9 Å². The molecule has 0 radical (unpaired) electrons. The van der Waals surface area contributed by atoms with Crippen LogP contribution in [0.5, 0.6) is 0 Å². The molecule has 0 aliphatic rings. The van der Waals surface area contributed by atoms with Crippen LogP contribution in [0.2, 0.25) is 0 Å². The fourth-order valence-corrected chi connectivity index (χ4v) is 2.21. The molecule has 2 amide bonds. The summed E-state index contributed by atoms with van der Waals surface area (Å²) < 4.78 is 0.567. The lowest BCUT2D eigenvalue weighted by molar-refractivity contribution is -0.114. The number of halogens is 1. The van der Waals surface area contributed by atoms with Crippen molar-refractivity contribution in [3.8, 4) is 0 Å². The van der Waals surface area contributed by atoms with Gasteiger partial charge in [0.2, 0.25) is 5.91 Å². The van der Waals surface area contributed by atoms with E-state index in [1.54, 1.807) is 42.5 Å². The number of carbonyl (C=O) groups excluding carboxylic acids is 2. The first-order chi connectivity index (χ1) is 9.97. The second-order valence-corrected chi connectivity index (χ2v) is 5.21. The lowest BCUT2D eigenvalue weighted by atomic mass is 10.2. The van der Waals surface area contributed by atoms with Crippen molar-refractivity contribution >= 4 is 44.8 Å². The van der Waals surface area contributed by atoms with Gasteiger partial charge in [0.15, 0.2) is 0 Å². The van der Waals surface area contributed by atoms with Gasteiger partial charge in [-0.25, -0.2) is 0 Å². The molecule has 0 fully saturated rings. The van der Waals surface area contributed by atoms with Crippen molar-refractivity contribution in [2.75, 3.05) is 16.4 Å². The number of hydrogen-bond acceptors (Lipinski definition) is 3. The van der Waals surface area contributed by atoms with Gasteiger partial charge in [-0.2, -0.15) is 0 Å². The third-order valence-corrected chi connectivity index (χ3v) is 3.62. The van der Waals surface area contributed by atoms with E-state index in [2.05, 4.69) is 26.6 Å². The lowest BCUT2D eigenvalue weighted by Gasteiger charge is -2.09. The molecule has 0 saturated heterocycles. The summed E-state index contributed by atoms with van der Waals surface area (Å²) in [7, 11) is 0. The van der Waals surface area contributed by atoms with Gasteiger partial charge in [0.1, 0.15) is 0 Å². The molecule has 6 heteroatoms. The summed E-state index contributed by atoms with van der Waals surface area (Å²) in [4.78, 5) is 23.1. The second kappa shape index (κ2) is 6.41. The minimum absolute atomic E-state index is 0.143. The Morgan fingerprint density at radius 3 is 2.14 bits per heavy atom. The molecule has 5 nitrogen and oxygen atoms in total. The van der Waals surface area contributed by atoms with Crippen LogP contribution in [0.25, 0.3) is 0 Å². The Bertz CT molecular complexity index is 684. The Labute approximate surface area is 130 Å². The van der Waals surface area contributed by atoms with Gasteiger partial charge in [-0.3, -0.25) is 9.59 Å². The van der Waals surface area contributed by atoms with Crippen molar-refractivity contribution in [1.82, 2.24) is 0 Å². The highest BCUT2D eigenvalue weighted by Crippen LogP contribution is 2.24. The van der Waals surface area contributed by atoms with Crippen molar-refractivity contribution in [3.63, 3.8) is 0 Å². The van der Waals surface area contributed by atoms with Gasteiger partial charge in [-0.15, -0.1) is 0 Å². The van der Waals surface area contributed by atoms with E-state index in [4.69, 9.17) is 5.73 Å². The fourth-order valence-electron chi connectivity index (χ4n) is 1.76. The summed E-state index contributed by atoms with van der Waals surface area (Å²) in [6, 6.07) is 12.0. The van der Waals surface area contributed by atoms with E-state index in [0.717, 1.165) is 0 Å². The smallest absolute Gasteiger partial charge is 0.256 e. The van der Waals surface area contributed by atoms with E-state index in [9.17, 15) is 9.59 Å². The van der Waals surface area contributed by atoms with Gasteiger partial charge in [-0.05, 0) is 52.3 Å². The first kappa shape index (κ1) is 15.1. The van der Waals surface area contributed by atoms with Crippen molar-refractivity contribution < 1.29 is 9.59 Å². The maximum Gasteiger partial charge on any atom is 0.256 e. The molecule has 21 heavy (non-hydrogen) atoms. The van der Waals surface area contributed by atoms with Crippen molar-refractivity contribution in [2.24, 2.45) is 0 Å². The Balaban J connectivity index is 2.12. The normalized spacial score (nSPS) is 10.0. The standard InChI is InChI=1S/C15H14BrN3O2/c1-9(20)18-10-5-7-11(8-6-10)19-15(21)12-3-2-4-13(17)14(12)16/h2-8H,17H2,1H3,(H,18,20)(H,19,21). The van der Waals surface area contributed by atoms with E-state index < -0.39 is 0 Å². The lowest BCUT2D eigenvalue weighted by Crippen LogP contribution is -2.13. The second-order valence-electron chi connectivity index (χ2n) is 4.42. The molecule has 0 saturated carbocycles. The van der Waals surface area contributed by atoms with Crippen LogP contribution in [0.4, 0.5) is 17.1 Å². The van der Waals surface area contributed by atoms with Gasteiger partial charge < -0.3 is 16.4 Å². The highest BCUT2D eigenvalue weighted by Gasteiger charge is 2.11. The molecule has 0 unspecified atom stereocenters. The van der Waals surface area contributed by atoms with Crippen LogP contribution in [0, 0.1) is 0 Å². The topological polar surface area (TPSA) is 84.2 Å². The molecule has 2 rings (SSSR count). The minimum atomic E-state index is -0.263. The zero-order valence-electron chi connectivity index (χ0n) is 11.3. The molecule has 0 heterocycles. The van der Waals surface area contributed by atoms with E-state index >= 15 is 0 Å². The quantitative estimate of drug-likeness (QED) is 0.745. The fraction of sp³-hybridized carbons (Fsp3) is 0.0667. The average molecular weight is 348 g/mol. The summed E-state index contributed by atoms with van der Waals surface area (Å²) in [6.45, 7) is 1.44. The molecule has 0 atom stereocenters. The summed E-state index contributed by atoms with van der Waals surface area (Å²) in [5, 5.41) is 5.43. The monoisotopic (exact) mass is 347 g/mol. The highest BCUT2D eigenvalue weighted by atomic mass is 79.9. The Morgan fingerprint density at radius 2 is 1.57 bits per heavy atom. The Kier molecular flexibility index (Phi) is 4.59. The number of amides is 2. The maximum atomic E-state index is 12.2. The molecular weight excluding hydrogens is 334 g/mol. The number of nitrogens with two attached hydrogens (primary N) is 1. The number of rotatable bonds is 3. The summed E-state index contributed by atoms with van der Waals surface area (Å²) in [6.07, 6.45) is 0. The first-order valence-corrected chi connectivity index (χ1v) is 6.99. The van der Waals surface area contributed by atoms with Crippen LogP contribution >= 0.6 is 15.9 Å². The summed E-state index contributed by atoms with van der Waals surface area (Å²) in [5.41, 5.74) is 8.01. The van der Waals surface area contributed by atoms with Gasteiger partial charge in [0, 0.05) is 24.0 Å². The molecule has 2 aromatic carbocycles. The summed E-state index contributed by atoms with van der Waals surface area (Å²) in [5.74, 6) is -0.406. The van der Waals surface area contributed by atoms with Gasteiger partial charge in [-0.1, -0.05) is 6.07 Å². The number of anilines is 3. The van der Waals surface area contributed by atoms with E-state index in [1.165, 1.54) is 6.92 Å². The molecule has 108 valence electrons. The van der Waals surface area contributed by atoms with Gasteiger partial charge in [0.25, 0.3) is 5.91 Å². The molecule has 0 bridgehead atoms. The molecule has 0 spiro atoms. The minimum Gasteiger partial charge on any atom is -0.398 e. The molecule has 0 aliphatic carbocycles. The number of nitrogens with one attached hydrogen (secondary N) is 2. The molecule has 0 aliphatic heterocycles. The van der Waals surface area contributed by atoms with Gasteiger partial charge in [0.05, 0.1) is 10.0 Å². The predicted molar refractivity (Wildman–Crippen MR) is 87.3 cm³/mol.